The Balaban J connectivity index is 2.73. The maximum Gasteiger partial charge on any atom is 0.308 e. The van der Waals surface area contributed by atoms with Gasteiger partial charge < -0.3 is 9.84 Å². The monoisotopic (exact) mass is 307 g/mol. The van der Waals surface area contributed by atoms with Crippen LogP contribution in [0.5, 0.6) is 0 Å². The van der Waals surface area contributed by atoms with Crippen molar-refractivity contribution in [3.63, 3.8) is 0 Å². The number of carbonyl (C=O) groups is 1. The van der Waals surface area contributed by atoms with Crippen molar-refractivity contribution >= 4 is 16.0 Å². The molecule has 0 aromatic heterocycles. The van der Waals surface area contributed by atoms with Crippen LogP contribution in [0.2, 0.25) is 0 Å². The lowest BCUT2D eigenvalue weighted by Crippen LogP contribution is -2.50. The fourth-order valence-electron chi connectivity index (χ4n) is 2.66. The van der Waals surface area contributed by atoms with Crippen LogP contribution in [0.1, 0.15) is 33.6 Å². The maximum absolute atomic E-state index is 12.4. The molecule has 0 aliphatic carbocycles. The second-order valence-electron chi connectivity index (χ2n) is 5.48. The maximum atomic E-state index is 12.4. The molecule has 0 aromatic carbocycles. The third-order valence-corrected chi connectivity index (χ3v) is 5.93. The minimum absolute atomic E-state index is 0.00365. The number of sulfonamides is 1. The summed E-state index contributed by atoms with van der Waals surface area (Å²) in [6, 6.07) is -0.481. The van der Waals surface area contributed by atoms with Gasteiger partial charge in [-0.3, -0.25) is 4.79 Å². The molecule has 20 heavy (non-hydrogen) atoms. The molecule has 1 rings (SSSR count). The summed E-state index contributed by atoms with van der Waals surface area (Å²) >= 11 is 0. The second-order valence-corrected chi connectivity index (χ2v) is 7.45. The van der Waals surface area contributed by atoms with Gasteiger partial charge in [-0.1, -0.05) is 6.92 Å². The Morgan fingerprint density at radius 3 is 2.70 bits per heavy atom. The Morgan fingerprint density at radius 2 is 2.15 bits per heavy atom. The normalized spacial score (nSPS) is 26.4. The van der Waals surface area contributed by atoms with Gasteiger partial charge in [0.1, 0.15) is 0 Å². The van der Waals surface area contributed by atoms with E-state index in [1.165, 1.54) is 4.31 Å². The zero-order valence-electron chi connectivity index (χ0n) is 12.4. The summed E-state index contributed by atoms with van der Waals surface area (Å²) in [5.41, 5.74) is 0. The second kappa shape index (κ2) is 7.38. The van der Waals surface area contributed by atoms with Crippen molar-refractivity contribution in [1.82, 2.24) is 4.31 Å². The van der Waals surface area contributed by atoms with Crippen molar-refractivity contribution in [2.45, 2.75) is 39.7 Å². The van der Waals surface area contributed by atoms with Gasteiger partial charge in [-0.05, 0) is 32.6 Å². The molecule has 1 fully saturated rings. The molecule has 3 atom stereocenters. The highest BCUT2D eigenvalue weighted by Crippen LogP contribution is 2.27. The first-order valence-electron chi connectivity index (χ1n) is 7.09. The lowest BCUT2D eigenvalue weighted by molar-refractivity contribution is -0.144. The Morgan fingerprint density at radius 1 is 1.50 bits per heavy atom. The molecule has 1 aliphatic heterocycles. The predicted molar refractivity (Wildman–Crippen MR) is 76.0 cm³/mol. The van der Waals surface area contributed by atoms with E-state index in [-0.39, 0.29) is 11.7 Å². The molecule has 0 radical (unpaired) electrons. The highest BCUT2D eigenvalue weighted by atomic mass is 32.2. The van der Waals surface area contributed by atoms with Gasteiger partial charge in [-0.25, -0.2) is 8.42 Å². The van der Waals surface area contributed by atoms with Gasteiger partial charge in [0.15, 0.2) is 0 Å². The average molecular weight is 307 g/mol. The van der Waals surface area contributed by atoms with Crippen molar-refractivity contribution in [2.75, 3.05) is 25.5 Å². The van der Waals surface area contributed by atoms with Crippen molar-refractivity contribution in [2.24, 2.45) is 11.8 Å². The highest BCUT2D eigenvalue weighted by molar-refractivity contribution is 7.89. The van der Waals surface area contributed by atoms with Crippen molar-refractivity contribution in [3.05, 3.63) is 0 Å². The van der Waals surface area contributed by atoms with Crippen LogP contribution in [-0.2, 0) is 19.6 Å². The van der Waals surface area contributed by atoms with Crippen LogP contribution in [0, 0.1) is 11.8 Å². The molecule has 6 nitrogen and oxygen atoms in total. The van der Waals surface area contributed by atoms with E-state index in [0.29, 0.717) is 32.6 Å². The molecule has 0 saturated carbocycles. The van der Waals surface area contributed by atoms with Crippen LogP contribution in [0.3, 0.4) is 0 Å². The van der Waals surface area contributed by atoms with Gasteiger partial charge in [0, 0.05) is 19.2 Å². The van der Waals surface area contributed by atoms with Gasteiger partial charge >= 0.3 is 5.97 Å². The molecule has 1 saturated heterocycles. The first kappa shape index (κ1) is 17.4. The fourth-order valence-corrected chi connectivity index (χ4v) is 4.72. The van der Waals surface area contributed by atoms with Crippen LogP contribution < -0.4 is 0 Å². The molecule has 118 valence electrons. The molecule has 1 heterocycles. The Kier molecular flexibility index (Phi) is 6.42. The highest BCUT2D eigenvalue weighted by Gasteiger charge is 2.39. The summed E-state index contributed by atoms with van der Waals surface area (Å²) in [4.78, 5) is 11.2. The van der Waals surface area contributed by atoms with Gasteiger partial charge in [0.2, 0.25) is 10.0 Å². The molecular weight excluding hydrogens is 282 g/mol. The van der Waals surface area contributed by atoms with E-state index in [4.69, 9.17) is 9.84 Å². The summed E-state index contributed by atoms with van der Waals surface area (Å²) in [6.45, 7) is 6.76. The number of hydrogen-bond donors (Lipinski definition) is 1. The van der Waals surface area contributed by atoms with E-state index < -0.39 is 28.0 Å². The van der Waals surface area contributed by atoms with E-state index in [1.54, 1.807) is 6.92 Å². The number of rotatable bonds is 7. The van der Waals surface area contributed by atoms with E-state index in [2.05, 4.69) is 0 Å². The van der Waals surface area contributed by atoms with Gasteiger partial charge in [0.25, 0.3) is 0 Å². The smallest absolute Gasteiger partial charge is 0.308 e. The third kappa shape index (κ3) is 4.43. The molecule has 0 aromatic rings. The SMILES string of the molecule is CCOCC(C)CS(=O)(=O)N1CCC[C@H](C(=O)O)[C@@H]1C. The number of hydrogen-bond acceptors (Lipinski definition) is 4. The number of carboxylic acid groups (broad SMARTS) is 1. The summed E-state index contributed by atoms with van der Waals surface area (Å²) in [5, 5.41) is 9.15. The minimum atomic E-state index is -3.44. The summed E-state index contributed by atoms with van der Waals surface area (Å²) in [7, 11) is -3.44. The van der Waals surface area contributed by atoms with E-state index in [0.717, 1.165) is 0 Å². The number of piperidine rings is 1. The van der Waals surface area contributed by atoms with Crippen LogP contribution in [0.15, 0.2) is 0 Å². The predicted octanol–water partition coefficient (Wildman–Crippen LogP) is 1.17. The summed E-state index contributed by atoms with van der Waals surface area (Å²) in [6.07, 6.45) is 1.14. The Bertz CT molecular complexity index is 422. The molecule has 0 bridgehead atoms. The number of aliphatic carboxylic acids is 1. The number of nitrogens with zero attached hydrogens (tertiary/aromatic N) is 1. The zero-order chi connectivity index (χ0) is 15.3. The van der Waals surface area contributed by atoms with Crippen LogP contribution in [0.4, 0.5) is 0 Å². The topological polar surface area (TPSA) is 83.9 Å². The molecule has 1 aliphatic rings. The minimum Gasteiger partial charge on any atom is -0.481 e. The third-order valence-electron chi connectivity index (χ3n) is 3.71. The zero-order valence-corrected chi connectivity index (χ0v) is 13.2. The molecule has 0 amide bonds. The molecular formula is C13H25NO5S. The largest absolute Gasteiger partial charge is 0.481 e. The van der Waals surface area contributed by atoms with E-state index in [9.17, 15) is 13.2 Å². The van der Waals surface area contributed by atoms with Gasteiger partial charge in [-0.2, -0.15) is 4.31 Å². The Hall–Kier alpha value is -0.660. The molecule has 1 N–H and O–H groups in total. The average Bonchev–Trinajstić information content (AvgIpc) is 2.35. The molecule has 1 unspecified atom stereocenters. The molecule has 7 heteroatoms. The van der Waals surface area contributed by atoms with Crippen LogP contribution in [-0.4, -0.2) is 55.4 Å². The quantitative estimate of drug-likeness (QED) is 0.763. The first-order valence-corrected chi connectivity index (χ1v) is 8.70. The fraction of sp³-hybridized carbons (Fsp3) is 0.923. The van der Waals surface area contributed by atoms with Crippen molar-refractivity contribution in [1.29, 1.82) is 0 Å². The van der Waals surface area contributed by atoms with Crippen molar-refractivity contribution in [3.8, 4) is 0 Å². The first-order chi connectivity index (χ1) is 9.29. The van der Waals surface area contributed by atoms with Gasteiger partial charge in [0.05, 0.1) is 18.3 Å². The number of carboxylic acids is 1. The summed E-state index contributed by atoms with van der Waals surface area (Å²) in [5.74, 6) is -1.62. The van der Waals surface area contributed by atoms with Crippen LogP contribution in [0.25, 0.3) is 0 Å². The van der Waals surface area contributed by atoms with Gasteiger partial charge in [-0.15, -0.1) is 0 Å². The molecule has 0 spiro atoms. The van der Waals surface area contributed by atoms with Crippen molar-refractivity contribution < 1.29 is 23.1 Å². The summed E-state index contributed by atoms with van der Waals surface area (Å²) < 4.78 is 31.4. The number of ether oxygens (including phenoxy) is 1. The lowest BCUT2D eigenvalue weighted by Gasteiger charge is -2.36. The lowest BCUT2D eigenvalue weighted by atomic mass is 9.92. The standard InChI is InChI=1S/C13H25NO5S/c1-4-19-8-10(2)9-20(17,18)14-7-5-6-12(11(14)3)13(15)16/h10-12H,4-9H2,1-3H3,(H,15,16)/t10?,11-,12-/m0/s1. The van der Waals surface area contributed by atoms with Crippen LogP contribution >= 0.6 is 0 Å². The van der Waals surface area contributed by atoms with E-state index >= 15 is 0 Å². The Labute approximate surface area is 121 Å². The van der Waals surface area contributed by atoms with E-state index in [1.807, 2.05) is 13.8 Å².